The summed E-state index contributed by atoms with van der Waals surface area (Å²) in [5, 5.41) is 7.77. The molecule has 1 aromatic rings. The van der Waals surface area contributed by atoms with Crippen LogP contribution in [0.5, 0.6) is 0 Å². The van der Waals surface area contributed by atoms with Gasteiger partial charge < -0.3 is 11.1 Å². The van der Waals surface area contributed by atoms with E-state index in [2.05, 4.69) is 30.5 Å². The minimum atomic E-state index is 0.202. The third kappa shape index (κ3) is 2.06. The molecule has 15 heavy (non-hydrogen) atoms. The van der Waals surface area contributed by atoms with Gasteiger partial charge in [0.2, 0.25) is 0 Å². The molecule has 0 radical (unpaired) electrons. The van der Waals surface area contributed by atoms with E-state index in [0.29, 0.717) is 5.92 Å². The van der Waals surface area contributed by atoms with Crippen LogP contribution < -0.4 is 11.1 Å². The predicted molar refractivity (Wildman–Crippen MR) is 60.4 cm³/mol. The Hall–Kier alpha value is -0.870. The fourth-order valence-corrected chi connectivity index (χ4v) is 2.18. The summed E-state index contributed by atoms with van der Waals surface area (Å²) in [4.78, 5) is 0. The van der Waals surface area contributed by atoms with Gasteiger partial charge in [-0.1, -0.05) is 6.92 Å². The number of hydrogen-bond acceptors (Lipinski definition) is 3. The number of nitrogens with two attached hydrogens (primary N) is 1. The second-order valence-electron chi connectivity index (χ2n) is 4.40. The Morgan fingerprint density at radius 1 is 1.67 bits per heavy atom. The van der Waals surface area contributed by atoms with Gasteiger partial charge in [-0.2, -0.15) is 5.10 Å². The molecule has 2 heterocycles. The van der Waals surface area contributed by atoms with E-state index in [-0.39, 0.29) is 12.1 Å². The molecular weight excluding hydrogens is 188 g/mol. The van der Waals surface area contributed by atoms with Crippen LogP contribution in [0.2, 0.25) is 0 Å². The van der Waals surface area contributed by atoms with Gasteiger partial charge in [0.05, 0.1) is 12.2 Å². The molecule has 1 fully saturated rings. The summed E-state index contributed by atoms with van der Waals surface area (Å²) in [6.07, 6.45) is 5.19. The highest BCUT2D eigenvalue weighted by atomic mass is 15.3. The lowest BCUT2D eigenvalue weighted by Crippen LogP contribution is -2.47. The fourth-order valence-electron chi connectivity index (χ4n) is 2.18. The normalized spacial score (nSPS) is 31.8. The number of nitrogens with one attached hydrogen (secondary N) is 1. The van der Waals surface area contributed by atoms with Crippen LogP contribution in [-0.4, -0.2) is 22.4 Å². The van der Waals surface area contributed by atoms with Gasteiger partial charge in [-0.25, -0.2) is 0 Å². The molecule has 0 aromatic carbocycles. The summed E-state index contributed by atoms with van der Waals surface area (Å²) in [6, 6.07) is 0.474. The number of hydrogen-bond donors (Lipinski definition) is 2. The molecule has 0 spiro atoms. The predicted octanol–water partition coefficient (Wildman–Crippen LogP) is 0.901. The average Bonchev–Trinajstić information content (AvgIpc) is 2.70. The Bertz CT molecular complexity index is 320. The molecule has 0 saturated carbocycles. The zero-order valence-electron chi connectivity index (χ0n) is 9.48. The Morgan fingerprint density at radius 2 is 2.47 bits per heavy atom. The van der Waals surface area contributed by atoms with Crippen LogP contribution in [0.3, 0.4) is 0 Å². The van der Waals surface area contributed by atoms with Gasteiger partial charge in [0.15, 0.2) is 0 Å². The molecule has 3 atom stereocenters. The van der Waals surface area contributed by atoms with Crippen LogP contribution in [0.1, 0.15) is 31.9 Å². The molecule has 0 bridgehead atoms. The van der Waals surface area contributed by atoms with E-state index in [9.17, 15) is 0 Å². The third-order valence-electron chi connectivity index (χ3n) is 3.34. The van der Waals surface area contributed by atoms with Crippen molar-refractivity contribution in [3.63, 3.8) is 0 Å². The molecule has 1 aromatic heterocycles. The monoisotopic (exact) mass is 208 g/mol. The zero-order chi connectivity index (χ0) is 10.8. The van der Waals surface area contributed by atoms with Crippen molar-refractivity contribution in [1.29, 1.82) is 0 Å². The maximum absolute atomic E-state index is 6.21. The Labute approximate surface area is 90.8 Å². The van der Waals surface area contributed by atoms with Gasteiger partial charge in [0.25, 0.3) is 0 Å². The van der Waals surface area contributed by atoms with E-state index in [0.717, 1.165) is 13.1 Å². The van der Waals surface area contributed by atoms with Crippen molar-refractivity contribution in [3.8, 4) is 0 Å². The third-order valence-corrected chi connectivity index (χ3v) is 3.34. The Balaban J connectivity index is 2.14. The number of aryl methyl sites for hydroxylation is 1. The summed E-state index contributed by atoms with van der Waals surface area (Å²) < 4.78 is 1.95. The van der Waals surface area contributed by atoms with E-state index in [4.69, 9.17) is 5.73 Å². The molecule has 84 valence electrons. The Kier molecular flexibility index (Phi) is 3.07. The maximum Gasteiger partial charge on any atom is 0.0538 e. The Morgan fingerprint density at radius 3 is 3.13 bits per heavy atom. The standard InChI is InChI=1S/C11H20N4/c1-3-15-7-9(6-14-15)11-10(12)8(2)4-5-13-11/h6-8,10-11,13H,3-5,12H2,1-2H3. The summed E-state index contributed by atoms with van der Waals surface area (Å²) in [6.45, 7) is 6.28. The first-order valence-corrected chi connectivity index (χ1v) is 5.73. The molecule has 0 amide bonds. The highest BCUT2D eigenvalue weighted by Crippen LogP contribution is 2.25. The van der Waals surface area contributed by atoms with Crippen LogP contribution in [0.15, 0.2) is 12.4 Å². The molecule has 3 unspecified atom stereocenters. The van der Waals surface area contributed by atoms with Crippen molar-refractivity contribution in [2.45, 2.75) is 38.9 Å². The van der Waals surface area contributed by atoms with E-state index in [1.165, 1.54) is 12.0 Å². The number of aromatic nitrogens is 2. The van der Waals surface area contributed by atoms with Gasteiger partial charge in [0.1, 0.15) is 0 Å². The molecule has 1 saturated heterocycles. The smallest absolute Gasteiger partial charge is 0.0538 e. The number of rotatable bonds is 2. The van der Waals surface area contributed by atoms with Gasteiger partial charge in [-0.05, 0) is 25.8 Å². The first-order chi connectivity index (χ1) is 7.22. The van der Waals surface area contributed by atoms with Gasteiger partial charge in [0, 0.05) is 24.3 Å². The maximum atomic E-state index is 6.21. The molecule has 1 aliphatic rings. The van der Waals surface area contributed by atoms with Gasteiger partial charge in [-0.15, -0.1) is 0 Å². The quantitative estimate of drug-likeness (QED) is 0.759. The summed E-state index contributed by atoms with van der Waals surface area (Å²) >= 11 is 0. The van der Waals surface area contributed by atoms with E-state index in [1.807, 2.05) is 10.9 Å². The average molecular weight is 208 g/mol. The van der Waals surface area contributed by atoms with Crippen LogP contribution in [0.4, 0.5) is 0 Å². The largest absolute Gasteiger partial charge is 0.326 e. The van der Waals surface area contributed by atoms with Crippen molar-refractivity contribution < 1.29 is 0 Å². The van der Waals surface area contributed by atoms with Gasteiger partial charge in [-0.3, -0.25) is 4.68 Å². The molecule has 4 heteroatoms. The van der Waals surface area contributed by atoms with Crippen molar-refractivity contribution >= 4 is 0 Å². The van der Waals surface area contributed by atoms with E-state index < -0.39 is 0 Å². The van der Waals surface area contributed by atoms with Crippen LogP contribution >= 0.6 is 0 Å². The molecule has 0 aliphatic carbocycles. The second-order valence-corrected chi connectivity index (χ2v) is 4.40. The van der Waals surface area contributed by atoms with Crippen LogP contribution in [-0.2, 0) is 6.54 Å². The lowest BCUT2D eigenvalue weighted by atomic mass is 9.86. The summed E-state index contributed by atoms with van der Waals surface area (Å²) in [7, 11) is 0. The molecule has 2 rings (SSSR count). The first kappa shape index (κ1) is 10.6. The SMILES string of the molecule is CCn1cc(C2NCCC(C)C2N)cn1. The molecule has 3 N–H and O–H groups in total. The topological polar surface area (TPSA) is 55.9 Å². The van der Waals surface area contributed by atoms with Crippen LogP contribution in [0, 0.1) is 5.92 Å². The second kappa shape index (κ2) is 4.33. The van der Waals surface area contributed by atoms with Crippen molar-refractivity contribution in [3.05, 3.63) is 18.0 Å². The van der Waals surface area contributed by atoms with E-state index >= 15 is 0 Å². The lowest BCUT2D eigenvalue weighted by Gasteiger charge is -2.34. The fraction of sp³-hybridized carbons (Fsp3) is 0.727. The molecule has 4 nitrogen and oxygen atoms in total. The summed E-state index contributed by atoms with van der Waals surface area (Å²) in [5.41, 5.74) is 7.42. The van der Waals surface area contributed by atoms with Crippen molar-refractivity contribution in [2.75, 3.05) is 6.54 Å². The highest BCUT2D eigenvalue weighted by molar-refractivity contribution is 5.14. The van der Waals surface area contributed by atoms with Crippen molar-refractivity contribution in [2.24, 2.45) is 11.7 Å². The highest BCUT2D eigenvalue weighted by Gasteiger charge is 2.29. The first-order valence-electron chi connectivity index (χ1n) is 5.73. The minimum absolute atomic E-state index is 0.202. The minimum Gasteiger partial charge on any atom is -0.326 e. The van der Waals surface area contributed by atoms with Crippen molar-refractivity contribution in [1.82, 2.24) is 15.1 Å². The lowest BCUT2D eigenvalue weighted by molar-refractivity contribution is 0.275. The number of piperidine rings is 1. The molecule has 1 aliphatic heterocycles. The van der Waals surface area contributed by atoms with E-state index in [1.54, 1.807) is 0 Å². The zero-order valence-corrected chi connectivity index (χ0v) is 9.48. The van der Waals surface area contributed by atoms with Gasteiger partial charge >= 0.3 is 0 Å². The van der Waals surface area contributed by atoms with Crippen LogP contribution in [0.25, 0.3) is 0 Å². The number of nitrogens with zero attached hydrogens (tertiary/aromatic N) is 2. The molecular formula is C11H20N4. The summed E-state index contributed by atoms with van der Waals surface area (Å²) in [5.74, 6) is 0.584.